The quantitative estimate of drug-likeness (QED) is 0.515. The van der Waals surface area contributed by atoms with E-state index in [1.165, 1.54) is 24.3 Å². The molecule has 32 heavy (non-hydrogen) atoms. The molecule has 7 heteroatoms. The minimum absolute atomic E-state index is 0.223. The molecule has 2 aromatic carbocycles. The van der Waals surface area contributed by atoms with Crippen molar-refractivity contribution in [1.29, 1.82) is 0 Å². The maximum atomic E-state index is 13.6. The number of nitrogens with zero attached hydrogens (tertiary/aromatic N) is 1. The Morgan fingerprint density at radius 2 is 1.66 bits per heavy atom. The number of aromatic nitrogens is 1. The van der Waals surface area contributed by atoms with Crippen LogP contribution in [0.25, 0.3) is 28.0 Å². The second-order valence-corrected chi connectivity index (χ2v) is 7.84. The van der Waals surface area contributed by atoms with E-state index in [4.69, 9.17) is 5.11 Å². The topological polar surface area (TPSA) is 96.6 Å². The van der Waals surface area contributed by atoms with Crippen molar-refractivity contribution in [2.75, 3.05) is 0 Å². The van der Waals surface area contributed by atoms with Gasteiger partial charge in [-0.1, -0.05) is 30.3 Å². The maximum absolute atomic E-state index is 13.6. The molecule has 1 heterocycles. The highest BCUT2D eigenvalue weighted by molar-refractivity contribution is 6.01. The first-order valence-electron chi connectivity index (χ1n) is 10.2. The average Bonchev–Trinajstić information content (AvgIpc) is 2.72. The van der Waals surface area contributed by atoms with E-state index in [1.807, 2.05) is 13.8 Å². The molecule has 0 saturated heterocycles. The molecular formula is C25H24FNO5. The molecule has 0 aliphatic heterocycles. The van der Waals surface area contributed by atoms with Gasteiger partial charge in [-0.15, -0.1) is 0 Å². The van der Waals surface area contributed by atoms with E-state index in [0.717, 1.165) is 0 Å². The Hall–Kier alpha value is -3.58. The second-order valence-electron chi connectivity index (χ2n) is 7.84. The highest BCUT2D eigenvalue weighted by atomic mass is 19.1. The molecule has 0 spiro atoms. The summed E-state index contributed by atoms with van der Waals surface area (Å²) in [5.74, 6) is -2.06. The lowest BCUT2D eigenvalue weighted by Gasteiger charge is -2.20. The molecule has 3 rings (SSSR count). The van der Waals surface area contributed by atoms with E-state index >= 15 is 0 Å². The molecule has 166 valence electrons. The smallest absolute Gasteiger partial charge is 0.305 e. The van der Waals surface area contributed by atoms with E-state index in [1.54, 1.807) is 41.0 Å². The number of benzene rings is 2. The number of ketones is 1. The fourth-order valence-corrected chi connectivity index (χ4v) is 3.73. The van der Waals surface area contributed by atoms with Crippen molar-refractivity contribution >= 4 is 28.6 Å². The molecule has 1 atom stereocenters. The summed E-state index contributed by atoms with van der Waals surface area (Å²) in [6.45, 7) is 3.70. The van der Waals surface area contributed by atoms with Crippen molar-refractivity contribution in [3.8, 4) is 11.1 Å². The van der Waals surface area contributed by atoms with Crippen molar-refractivity contribution < 1.29 is 24.2 Å². The van der Waals surface area contributed by atoms with Gasteiger partial charge in [0.2, 0.25) is 0 Å². The van der Waals surface area contributed by atoms with Gasteiger partial charge in [-0.3, -0.25) is 14.4 Å². The van der Waals surface area contributed by atoms with Crippen LogP contribution in [0.3, 0.4) is 0 Å². The first-order chi connectivity index (χ1) is 15.2. The molecule has 0 unspecified atom stereocenters. The molecule has 0 aliphatic rings. The molecule has 0 fully saturated rings. The second kappa shape index (κ2) is 9.70. The number of pyridine rings is 1. The third kappa shape index (κ3) is 5.00. The van der Waals surface area contributed by atoms with Gasteiger partial charge >= 0.3 is 5.97 Å². The largest absolute Gasteiger partial charge is 0.481 e. The van der Waals surface area contributed by atoms with Crippen LogP contribution in [0.4, 0.5) is 4.39 Å². The summed E-state index contributed by atoms with van der Waals surface area (Å²) in [7, 11) is 0. The van der Waals surface area contributed by atoms with Crippen LogP contribution in [0.15, 0.2) is 59.4 Å². The molecule has 0 amide bonds. The molecule has 0 bridgehead atoms. The Morgan fingerprint density at radius 3 is 2.25 bits per heavy atom. The zero-order chi connectivity index (χ0) is 23.4. The first kappa shape index (κ1) is 23.1. The van der Waals surface area contributed by atoms with E-state index in [-0.39, 0.29) is 18.0 Å². The van der Waals surface area contributed by atoms with E-state index in [2.05, 4.69) is 0 Å². The number of aliphatic hydroxyl groups excluding tert-OH is 1. The van der Waals surface area contributed by atoms with Crippen molar-refractivity contribution in [2.24, 2.45) is 0 Å². The fourth-order valence-electron chi connectivity index (χ4n) is 3.73. The number of halogens is 1. The highest BCUT2D eigenvalue weighted by Crippen LogP contribution is 2.33. The number of aliphatic carboxylic acids is 1. The third-order valence-electron chi connectivity index (χ3n) is 5.08. The zero-order valence-electron chi connectivity index (χ0n) is 17.8. The highest BCUT2D eigenvalue weighted by Gasteiger charge is 2.19. The predicted molar refractivity (Wildman–Crippen MR) is 121 cm³/mol. The Balaban J connectivity index is 2.21. The molecule has 2 N–H and O–H groups in total. The fraction of sp³-hybridized carbons (Fsp3) is 0.240. The number of carbonyl (C=O) groups excluding carboxylic acids is 1. The van der Waals surface area contributed by atoms with E-state index in [9.17, 15) is 23.9 Å². The minimum atomic E-state index is -1.30. The van der Waals surface area contributed by atoms with Crippen molar-refractivity contribution in [2.45, 2.75) is 38.8 Å². The summed E-state index contributed by atoms with van der Waals surface area (Å²) in [6.07, 6.45) is 0.551. The summed E-state index contributed by atoms with van der Waals surface area (Å²) < 4.78 is 15.1. The summed E-state index contributed by atoms with van der Waals surface area (Å²) in [5.41, 5.74) is 1.59. The van der Waals surface area contributed by atoms with Crippen LogP contribution >= 0.6 is 0 Å². The van der Waals surface area contributed by atoms with Crippen molar-refractivity contribution in [3.05, 3.63) is 76.5 Å². The normalized spacial score (nSPS) is 12.5. The first-order valence-corrected chi connectivity index (χ1v) is 10.2. The number of fused-ring (bicyclic) bond motifs is 1. The SMILES string of the molecule is CC(C)n1c(/C=C/C(=O)C[C@@H](O)CC(=O)O)c(-c2ccc(F)cc2)c2ccccc2c1=O. The van der Waals surface area contributed by atoms with Gasteiger partial charge in [0.15, 0.2) is 5.78 Å². The summed E-state index contributed by atoms with van der Waals surface area (Å²) in [6, 6.07) is 12.7. The number of carbonyl (C=O) groups is 2. The maximum Gasteiger partial charge on any atom is 0.305 e. The van der Waals surface area contributed by atoms with Gasteiger partial charge in [-0.05, 0) is 55.1 Å². The molecule has 6 nitrogen and oxygen atoms in total. The molecule has 1 aromatic heterocycles. The zero-order valence-corrected chi connectivity index (χ0v) is 17.8. The van der Waals surface area contributed by atoms with Gasteiger partial charge in [0, 0.05) is 23.4 Å². The summed E-state index contributed by atoms with van der Waals surface area (Å²) in [4.78, 5) is 36.3. The number of carboxylic acid groups (broad SMARTS) is 1. The number of carboxylic acids is 1. The molecule has 0 radical (unpaired) electrons. The molecule has 3 aromatic rings. The van der Waals surface area contributed by atoms with Crippen LogP contribution in [0.5, 0.6) is 0 Å². The Labute approximate surface area is 184 Å². The van der Waals surface area contributed by atoms with Crippen molar-refractivity contribution in [3.63, 3.8) is 0 Å². The number of rotatable bonds is 8. The minimum Gasteiger partial charge on any atom is -0.481 e. The van der Waals surface area contributed by atoms with E-state index < -0.39 is 30.1 Å². The van der Waals surface area contributed by atoms with Gasteiger partial charge in [0.05, 0.1) is 18.2 Å². The van der Waals surface area contributed by atoms with Gasteiger partial charge in [0.1, 0.15) is 5.82 Å². The van der Waals surface area contributed by atoms with Crippen LogP contribution in [-0.2, 0) is 9.59 Å². The molecule has 0 aliphatic carbocycles. The number of hydrogen-bond donors (Lipinski definition) is 2. The number of aliphatic hydroxyl groups is 1. The number of allylic oxidation sites excluding steroid dienone is 1. The van der Waals surface area contributed by atoms with Gasteiger partial charge in [-0.2, -0.15) is 0 Å². The number of hydrogen-bond acceptors (Lipinski definition) is 4. The van der Waals surface area contributed by atoms with Crippen LogP contribution < -0.4 is 5.56 Å². The van der Waals surface area contributed by atoms with Crippen molar-refractivity contribution in [1.82, 2.24) is 4.57 Å². The summed E-state index contributed by atoms with van der Waals surface area (Å²) in [5, 5.41) is 19.7. The molecule has 0 saturated carbocycles. The van der Waals surface area contributed by atoms with Gasteiger partial charge in [-0.25, -0.2) is 4.39 Å². The van der Waals surface area contributed by atoms with Gasteiger partial charge in [0.25, 0.3) is 5.56 Å². The predicted octanol–water partition coefficient (Wildman–Crippen LogP) is 4.20. The van der Waals surface area contributed by atoms with Crippen LogP contribution in [-0.4, -0.2) is 32.6 Å². The Bertz CT molecular complexity index is 1240. The lowest BCUT2D eigenvalue weighted by atomic mass is 9.95. The van der Waals surface area contributed by atoms with E-state index in [0.29, 0.717) is 27.6 Å². The average molecular weight is 437 g/mol. The lowest BCUT2D eigenvalue weighted by molar-refractivity contribution is -0.139. The Kier molecular flexibility index (Phi) is 7.00. The monoisotopic (exact) mass is 437 g/mol. The lowest BCUT2D eigenvalue weighted by Crippen LogP contribution is -2.25. The van der Waals surface area contributed by atoms with Crippen LogP contribution in [0.2, 0.25) is 0 Å². The van der Waals surface area contributed by atoms with Crippen LogP contribution in [0, 0.1) is 5.82 Å². The van der Waals surface area contributed by atoms with Gasteiger partial charge < -0.3 is 14.8 Å². The summed E-state index contributed by atoms with van der Waals surface area (Å²) >= 11 is 0. The molecular weight excluding hydrogens is 413 g/mol. The van der Waals surface area contributed by atoms with Crippen LogP contribution in [0.1, 0.15) is 38.4 Å². The standard InChI is InChI=1S/C25H24FNO5/c1-15(2)27-22(12-11-18(28)13-19(29)14-23(30)31)24(16-7-9-17(26)10-8-16)20-5-3-4-6-21(20)25(27)32/h3-12,15,19,29H,13-14H2,1-2H3,(H,30,31)/b12-11+/t19-/m1/s1. The third-order valence-corrected chi connectivity index (χ3v) is 5.08. The Morgan fingerprint density at radius 1 is 1.03 bits per heavy atom.